The average Bonchev–Trinajstić information content (AvgIpc) is 2.66. The van der Waals surface area contributed by atoms with Crippen LogP contribution in [0.4, 0.5) is 0 Å². The summed E-state index contributed by atoms with van der Waals surface area (Å²) >= 11 is 0. The maximum absolute atomic E-state index is 11.0. The Morgan fingerprint density at radius 2 is 2.62 bits per heavy atom. The second kappa shape index (κ2) is 4.45. The van der Waals surface area contributed by atoms with Gasteiger partial charge in [0.1, 0.15) is 6.17 Å². The minimum absolute atomic E-state index is 0.0343. The van der Waals surface area contributed by atoms with Crippen molar-refractivity contribution in [2.45, 2.75) is 19.5 Å². The third-order valence-corrected chi connectivity index (χ3v) is 1.77. The van der Waals surface area contributed by atoms with Crippen molar-refractivity contribution in [3.05, 3.63) is 31.4 Å². The highest BCUT2D eigenvalue weighted by Crippen LogP contribution is 2.05. The van der Waals surface area contributed by atoms with E-state index in [1.807, 2.05) is 17.7 Å². The van der Waals surface area contributed by atoms with Crippen molar-refractivity contribution in [1.82, 2.24) is 14.9 Å². The number of carbonyl (C=O) groups is 1. The third kappa shape index (κ3) is 2.43. The standard InChI is InChI=1S/C9H13N3O/c1-3-8(11-9(13)4-2)12-6-5-10-7-12/h4-8H,2-3H2,1H3,(H,11,13). The number of imidazole rings is 1. The summed E-state index contributed by atoms with van der Waals surface area (Å²) in [6.45, 7) is 5.39. The number of nitrogens with one attached hydrogen (secondary N) is 1. The summed E-state index contributed by atoms with van der Waals surface area (Å²) in [6, 6.07) is 0. The van der Waals surface area contributed by atoms with Crippen LogP contribution in [0.2, 0.25) is 0 Å². The van der Waals surface area contributed by atoms with Crippen LogP contribution in [0.25, 0.3) is 0 Å². The van der Waals surface area contributed by atoms with E-state index in [1.54, 1.807) is 12.5 Å². The number of amides is 1. The Kier molecular flexibility index (Phi) is 3.25. The van der Waals surface area contributed by atoms with Gasteiger partial charge in [0, 0.05) is 12.4 Å². The van der Waals surface area contributed by atoms with Gasteiger partial charge in [-0.1, -0.05) is 13.5 Å². The molecule has 0 saturated carbocycles. The molecule has 1 rings (SSSR count). The predicted octanol–water partition coefficient (Wildman–Crippen LogP) is 1.09. The Bertz CT molecular complexity index is 279. The summed E-state index contributed by atoms with van der Waals surface area (Å²) in [5.41, 5.74) is 0. The molecule has 0 saturated heterocycles. The molecule has 1 unspecified atom stereocenters. The van der Waals surface area contributed by atoms with E-state index in [0.717, 1.165) is 6.42 Å². The van der Waals surface area contributed by atoms with E-state index in [0.29, 0.717) is 0 Å². The van der Waals surface area contributed by atoms with Crippen molar-refractivity contribution in [3.8, 4) is 0 Å². The zero-order valence-corrected chi connectivity index (χ0v) is 7.60. The summed E-state index contributed by atoms with van der Waals surface area (Å²) in [5.74, 6) is -0.166. The second-order valence-corrected chi connectivity index (χ2v) is 2.65. The van der Waals surface area contributed by atoms with Gasteiger partial charge in [0.25, 0.3) is 0 Å². The van der Waals surface area contributed by atoms with Crippen LogP contribution in [0.1, 0.15) is 19.5 Å². The van der Waals surface area contributed by atoms with Crippen LogP contribution >= 0.6 is 0 Å². The van der Waals surface area contributed by atoms with Crippen molar-refractivity contribution < 1.29 is 4.79 Å². The number of rotatable bonds is 4. The van der Waals surface area contributed by atoms with Crippen molar-refractivity contribution in [2.24, 2.45) is 0 Å². The molecule has 13 heavy (non-hydrogen) atoms. The Morgan fingerprint density at radius 1 is 1.85 bits per heavy atom. The van der Waals surface area contributed by atoms with Crippen molar-refractivity contribution in [3.63, 3.8) is 0 Å². The van der Waals surface area contributed by atoms with Crippen LogP contribution in [0, 0.1) is 0 Å². The quantitative estimate of drug-likeness (QED) is 0.703. The molecule has 0 aromatic carbocycles. The first-order chi connectivity index (χ1) is 6.27. The van der Waals surface area contributed by atoms with Crippen LogP contribution < -0.4 is 5.32 Å². The Hall–Kier alpha value is -1.58. The van der Waals surface area contributed by atoms with Gasteiger partial charge in [-0.05, 0) is 12.5 Å². The summed E-state index contributed by atoms with van der Waals surface area (Å²) in [4.78, 5) is 14.9. The molecule has 0 radical (unpaired) electrons. The molecule has 0 aliphatic heterocycles. The third-order valence-electron chi connectivity index (χ3n) is 1.77. The molecule has 1 aromatic heterocycles. The molecular weight excluding hydrogens is 166 g/mol. The lowest BCUT2D eigenvalue weighted by atomic mass is 10.3. The lowest BCUT2D eigenvalue weighted by Gasteiger charge is -2.16. The van der Waals surface area contributed by atoms with Gasteiger partial charge in [0.15, 0.2) is 0 Å². The van der Waals surface area contributed by atoms with E-state index >= 15 is 0 Å². The number of hydrogen-bond acceptors (Lipinski definition) is 2. The van der Waals surface area contributed by atoms with Crippen LogP contribution in [-0.2, 0) is 4.79 Å². The monoisotopic (exact) mass is 179 g/mol. The summed E-state index contributed by atoms with van der Waals surface area (Å²) in [5, 5.41) is 2.78. The molecular formula is C9H13N3O. The Balaban J connectivity index is 2.63. The van der Waals surface area contributed by atoms with E-state index in [1.165, 1.54) is 6.08 Å². The molecule has 0 spiro atoms. The van der Waals surface area contributed by atoms with Gasteiger partial charge in [-0.25, -0.2) is 4.98 Å². The van der Waals surface area contributed by atoms with Gasteiger partial charge >= 0.3 is 0 Å². The number of hydrogen-bond donors (Lipinski definition) is 1. The molecule has 0 fully saturated rings. The van der Waals surface area contributed by atoms with Crippen LogP contribution in [-0.4, -0.2) is 15.5 Å². The molecule has 4 nitrogen and oxygen atoms in total. The molecule has 0 aliphatic rings. The van der Waals surface area contributed by atoms with E-state index in [-0.39, 0.29) is 12.1 Å². The summed E-state index contributed by atoms with van der Waals surface area (Å²) < 4.78 is 1.85. The van der Waals surface area contributed by atoms with E-state index in [2.05, 4.69) is 16.9 Å². The summed E-state index contributed by atoms with van der Waals surface area (Å²) in [7, 11) is 0. The highest BCUT2D eigenvalue weighted by atomic mass is 16.1. The number of carbonyl (C=O) groups excluding carboxylic acids is 1. The molecule has 1 atom stereocenters. The van der Waals surface area contributed by atoms with Gasteiger partial charge in [-0.15, -0.1) is 0 Å². The average molecular weight is 179 g/mol. The molecule has 0 bridgehead atoms. The topological polar surface area (TPSA) is 46.9 Å². The first-order valence-electron chi connectivity index (χ1n) is 4.18. The molecule has 1 heterocycles. The molecule has 1 aromatic rings. The number of aromatic nitrogens is 2. The smallest absolute Gasteiger partial charge is 0.244 e. The van der Waals surface area contributed by atoms with Gasteiger partial charge in [-0.3, -0.25) is 4.79 Å². The number of nitrogens with zero attached hydrogens (tertiary/aromatic N) is 2. The van der Waals surface area contributed by atoms with Gasteiger partial charge in [0.05, 0.1) is 6.33 Å². The fraction of sp³-hybridized carbons (Fsp3) is 0.333. The van der Waals surface area contributed by atoms with Gasteiger partial charge < -0.3 is 9.88 Å². The fourth-order valence-corrected chi connectivity index (χ4v) is 1.06. The largest absolute Gasteiger partial charge is 0.332 e. The first-order valence-corrected chi connectivity index (χ1v) is 4.18. The summed E-state index contributed by atoms with van der Waals surface area (Å²) in [6.07, 6.45) is 7.22. The van der Waals surface area contributed by atoms with E-state index < -0.39 is 0 Å². The maximum atomic E-state index is 11.0. The normalized spacial score (nSPS) is 12.1. The second-order valence-electron chi connectivity index (χ2n) is 2.65. The fourth-order valence-electron chi connectivity index (χ4n) is 1.06. The van der Waals surface area contributed by atoms with Crippen molar-refractivity contribution in [2.75, 3.05) is 0 Å². The van der Waals surface area contributed by atoms with E-state index in [9.17, 15) is 4.79 Å². The first kappa shape index (κ1) is 9.51. The minimum Gasteiger partial charge on any atom is -0.332 e. The minimum atomic E-state index is -0.166. The highest BCUT2D eigenvalue weighted by Gasteiger charge is 2.08. The van der Waals surface area contributed by atoms with Crippen molar-refractivity contribution >= 4 is 5.91 Å². The van der Waals surface area contributed by atoms with Gasteiger partial charge in [-0.2, -0.15) is 0 Å². The Morgan fingerprint density at radius 3 is 3.08 bits per heavy atom. The predicted molar refractivity (Wildman–Crippen MR) is 49.9 cm³/mol. The molecule has 0 aliphatic carbocycles. The lowest BCUT2D eigenvalue weighted by molar-refractivity contribution is -0.117. The molecule has 70 valence electrons. The molecule has 4 heteroatoms. The molecule has 1 N–H and O–H groups in total. The maximum Gasteiger partial charge on any atom is 0.244 e. The van der Waals surface area contributed by atoms with Gasteiger partial charge in [0.2, 0.25) is 5.91 Å². The SMILES string of the molecule is C=CC(=O)NC(CC)n1ccnc1. The van der Waals surface area contributed by atoms with E-state index in [4.69, 9.17) is 0 Å². The Labute approximate surface area is 77.3 Å². The highest BCUT2D eigenvalue weighted by molar-refractivity contribution is 5.86. The van der Waals surface area contributed by atoms with Crippen LogP contribution in [0.3, 0.4) is 0 Å². The van der Waals surface area contributed by atoms with Crippen LogP contribution in [0.15, 0.2) is 31.4 Å². The zero-order chi connectivity index (χ0) is 9.68. The van der Waals surface area contributed by atoms with Crippen molar-refractivity contribution in [1.29, 1.82) is 0 Å². The lowest BCUT2D eigenvalue weighted by Crippen LogP contribution is -2.29. The molecule has 1 amide bonds. The zero-order valence-electron chi connectivity index (χ0n) is 7.60. The van der Waals surface area contributed by atoms with Crippen LogP contribution in [0.5, 0.6) is 0 Å².